The van der Waals surface area contributed by atoms with E-state index < -0.39 is 15.9 Å². The third-order valence-electron chi connectivity index (χ3n) is 6.67. The molecule has 2 aliphatic rings. The maximum absolute atomic E-state index is 7.97. The number of hydrogen-bond acceptors (Lipinski definition) is 0. The zero-order valence-corrected chi connectivity index (χ0v) is 20.1. The summed E-state index contributed by atoms with van der Waals surface area (Å²) >= 11 is -4.64. The van der Waals surface area contributed by atoms with E-state index in [0.717, 1.165) is 12.8 Å². The first-order chi connectivity index (χ1) is 12.9. The molecule has 0 nitrogen and oxygen atoms in total. The molecule has 0 fully saturated rings. The Hall–Kier alpha value is -0.747. The van der Waals surface area contributed by atoms with Crippen LogP contribution in [0.4, 0.5) is 0 Å². The van der Waals surface area contributed by atoms with Gasteiger partial charge in [-0.25, -0.2) is 0 Å². The van der Waals surface area contributed by atoms with E-state index in [4.69, 9.17) is 17.0 Å². The summed E-state index contributed by atoms with van der Waals surface area (Å²) in [6.07, 6.45) is 10.9. The molecular weight excluding hydrogens is 450 g/mol. The first-order valence-corrected chi connectivity index (χ1v) is 20.0. The second-order valence-corrected chi connectivity index (χ2v) is 30.1. The van der Waals surface area contributed by atoms with Crippen molar-refractivity contribution in [3.63, 3.8) is 0 Å². The fraction of sp³-hybridized carbons (Fsp3) is 0.292. The summed E-state index contributed by atoms with van der Waals surface area (Å²) in [6, 6.07) is 17.4. The second-order valence-electron chi connectivity index (χ2n) is 8.20. The normalized spacial score (nSPS) is 17.9. The van der Waals surface area contributed by atoms with E-state index in [1.54, 1.807) is 0 Å². The average Bonchev–Trinajstić information content (AvgIpc) is 3.26. The molecule has 0 atom stereocenters. The molecule has 3 heteroatoms. The van der Waals surface area contributed by atoms with Crippen LogP contribution in [0.2, 0.25) is 3.12 Å². The maximum atomic E-state index is 7.97. The molecular formula is C24H26Cl2Zr. The van der Waals surface area contributed by atoms with Crippen LogP contribution in [0.3, 0.4) is 0 Å². The van der Waals surface area contributed by atoms with Gasteiger partial charge in [-0.1, -0.05) is 0 Å². The molecule has 0 saturated heterocycles. The van der Waals surface area contributed by atoms with E-state index in [2.05, 4.69) is 93.6 Å². The number of fused-ring (bicyclic) bond motifs is 3. The Morgan fingerprint density at radius 3 is 1.81 bits per heavy atom. The summed E-state index contributed by atoms with van der Waals surface area (Å²) in [6.45, 7) is 6.57. The van der Waals surface area contributed by atoms with Crippen molar-refractivity contribution in [2.45, 2.75) is 40.4 Å². The summed E-state index contributed by atoms with van der Waals surface area (Å²) in [4.78, 5) is 0. The van der Waals surface area contributed by atoms with Gasteiger partial charge in [-0.3, -0.25) is 0 Å². The van der Waals surface area contributed by atoms with E-state index in [-0.39, 0.29) is 6.75 Å². The van der Waals surface area contributed by atoms with E-state index in [1.165, 1.54) is 25.5 Å². The molecule has 0 spiro atoms. The van der Waals surface area contributed by atoms with Crippen molar-refractivity contribution in [3.05, 3.63) is 84.0 Å². The molecule has 0 heterocycles. The molecule has 0 saturated carbocycles. The van der Waals surface area contributed by atoms with E-state index in [1.807, 2.05) is 0 Å². The third kappa shape index (κ3) is 2.48. The number of rotatable bonds is 4. The van der Waals surface area contributed by atoms with Crippen molar-refractivity contribution in [1.29, 1.82) is 0 Å². The Morgan fingerprint density at radius 1 is 0.889 bits per heavy atom. The Labute approximate surface area is 170 Å². The SMILES string of the molecule is CCC[C]1([Zr]([Cl])([Cl])(=[C](C)C)[CH]2c3ccccc3-c3ccccc32)C=CC=C1. The summed E-state index contributed by atoms with van der Waals surface area (Å²) in [5.41, 5.74) is 5.19. The van der Waals surface area contributed by atoms with Crippen molar-refractivity contribution < 1.29 is 15.9 Å². The summed E-state index contributed by atoms with van der Waals surface area (Å²) in [5.74, 6) is 0. The average molecular weight is 477 g/mol. The van der Waals surface area contributed by atoms with E-state index in [9.17, 15) is 0 Å². The van der Waals surface area contributed by atoms with Gasteiger partial charge in [0.1, 0.15) is 0 Å². The van der Waals surface area contributed by atoms with Crippen LogP contribution in [-0.4, -0.2) is 3.21 Å². The molecule has 0 N–H and O–H groups in total. The first kappa shape index (κ1) is 19.6. The first-order valence-electron chi connectivity index (χ1n) is 9.79. The molecule has 140 valence electrons. The van der Waals surface area contributed by atoms with Crippen molar-refractivity contribution >= 4 is 20.2 Å². The molecule has 4 rings (SSSR count). The minimum atomic E-state index is -4.64. The van der Waals surface area contributed by atoms with Crippen LogP contribution >= 0.6 is 17.0 Å². The zero-order valence-electron chi connectivity index (χ0n) is 16.2. The van der Waals surface area contributed by atoms with Gasteiger partial charge in [-0.2, -0.15) is 0 Å². The molecule has 0 radical (unpaired) electrons. The van der Waals surface area contributed by atoms with Crippen LogP contribution in [0.25, 0.3) is 11.1 Å². The Balaban J connectivity index is 2.13. The number of benzene rings is 2. The number of hydrogen-bond donors (Lipinski definition) is 0. The van der Waals surface area contributed by atoms with Gasteiger partial charge < -0.3 is 0 Å². The van der Waals surface area contributed by atoms with Gasteiger partial charge in [0.15, 0.2) is 0 Å². The topological polar surface area (TPSA) is 0 Å². The van der Waals surface area contributed by atoms with Crippen molar-refractivity contribution in [3.8, 4) is 11.1 Å². The second kappa shape index (κ2) is 6.65. The van der Waals surface area contributed by atoms with Crippen LogP contribution in [0, 0.1) is 0 Å². The van der Waals surface area contributed by atoms with E-state index >= 15 is 0 Å². The van der Waals surface area contributed by atoms with Crippen molar-refractivity contribution in [2.24, 2.45) is 0 Å². The van der Waals surface area contributed by atoms with E-state index in [0.29, 0.717) is 0 Å². The molecule has 0 aliphatic heterocycles. The Morgan fingerprint density at radius 2 is 1.37 bits per heavy atom. The van der Waals surface area contributed by atoms with Gasteiger partial charge in [0.2, 0.25) is 0 Å². The third-order valence-corrected chi connectivity index (χ3v) is 32.0. The Bertz CT molecular complexity index is 974. The number of halogens is 2. The van der Waals surface area contributed by atoms with Gasteiger partial charge in [0, 0.05) is 0 Å². The molecule has 0 bridgehead atoms. The summed E-state index contributed by atoms with van der Waals surface area (Å²) in [7, 11) is 15.9. The molecule has 2 aliphatic carbocycles. The van der Waals surface area contributed by atoms with Gasteiger partial charge in [0.05, 0.1) is 0 Å². The van der Waals surface area contributed by atoms with Crippen LogP contribution < -0.4 is 0 Å². The summed E-state index contributed by atoms with van der Waals surface area (Å²) < 4.78 is 1.07. The molecule has 2 aromatic rings. The van der Waals surface area contributed by atoms with Crippen LogP contribution in [-0.2, 0) is 15.9 Å². The Kier molecular flexibility index (Phi) is 4.82. The molecule has 0 amide bonds. The van der Waals surface area contributed by atoms with Crippen LogP contribution in [0.15, 0.2) is 72.8 Å². The van der Waals surface area contributed by atoms with Crippen molar-refractivity contribution in [1.82, 2.24) is 0 Å². The van der Waals surface area contributed by atoms with Crippen LogP contribution in [0.1, 0.15) is 48.4 Å². The van der Waals surface area contributed by atoms with Crippen molar-refractivity contribution in [2.75, 3.05) is 0 Å². The monoisotopic (exact) mass is 474 g/mol. The minimum absolute atomic E-state index is 0.0751. The molecule has 2 aromatic carbocycles. The summed E-state index contributed by atoms with van der Waals surface area (Å²) in [5, 5.41) is 0. The standard InChI is InChI=1S/C13H9.C8H11.C3H6.2ClH.Zr/c1-3-7-12-10(5-1)9-11-6-2-4-8-13(11)12;1-2-5-8-6-3-4-7-8;1-3-2;;;/h1-9H;3-4,6-7H,2,5H2,1H3;1-2H3;2*1H;/q;;;;;+2/p-2. The number of allylic oxidation sites excluding steroid dienone is 4. The quantitative estimate of drug-likeness (QED) is 0.419. The zero-order chi connectivity index (χ0) is 19.3. The van der Waals surface area contributed by atoms with Gasteiger partial charge >= 0.3 is 172 Å². The molecule has 27 heavy (non-hydrogen) atoms. The predicted molar refractivity (Wildman–Crippen MR) is 118 cm³/mol. The van der Waals surface area contributed by atoms with Crippen LogP contribution in [0.5, 0.6) is 0 Å². The fourth-order valence-electron chi connectivity index (χ4n) is 5.35. The van der Waals surface area contributed by atoms with Gasteiger partial charge in [-0.05, 0) is 0 Å². The fourth-order valence-corrected chi connectivity index (χ4v) is 23.4. The van der Waals surface area contributed by atoms with Gasteiger partial charge in [-0.15, -0.1) is 0 Å². The molecule has 0 aromatic heterocycles. The van der Waals surface area contributed by atoms with Gasteiger partial charge in [0.25, 0.3) is 0 Å². The predicted octanol–water partition coefficient (Wildman–Crippen LogP) is 8.05. The molecule has 0 unspecified atom stereocenters.